The monoisotopic (exact) mass is 292 g/mol. The molecule has 2 aliphatic heterocycles. The minimum atomic E-state index is 0. The highest BCUT2D eigenvalue weighted by molar-refractivity contribution is 7.99. The second-order valence-electron chi connectivity index (χ2n) is 5.70. The second-order valence-corrected chi connectivity index (χ2v) is 6.73. The van der Waals surface area contributed by atoms with Crippen LogP contribution in [0.25, 0.3) is 0 Å². The fourth-order valence-electron chi connectivity index (χ4n) is 3.09. The molecule has 2 fully saturated rings. The Bertz CT molecular complexity index is 280. The number of nitrogens with zero attached hydrogens (tertiary/aromatic N) is 1. The normalized spacial score (nSPS) is 32.1. The van der Waals surface area contributed by atoms with Gasteiger partial charge in [-0.1, -0.05) is 20.3 Å². The fraction of sp³-hybridized carbons (Fsp3) is 0.923. The Hall–Kier alpha value is 0.0700. The third-order valence-electron chi connectivity index (χ3n) is 3.96. The molecule has 106 valence electrons. The topological polar surface area (TPSA) is 32.3 Å². The van der Waals surface area contributed by atoms with Crippen molar-refractivity contribution in [3.05, 3.63) is 0 Å². The van der Waals surface area contributed by atoms with Gasteiger partial charge in [0.1, 0.15) is 0 Å². The first-order chi connectivity index (χ1) is 8.14. The molecule has 0 aromatic heterocycles. The van der Waals surface area contributed by atoms with Gasteiger partial charge in [-0.25, -0.2) is 0 Å². The zero-order valence-corrected chi connectivity index (χ0v) is 13.0. The number of likely N-dealkylation sites (tertiary alicyclic amines) is 1. The minimum Gasteiger partial charge on any atom is -0.341 e. The number of hydrogen-bond acceptors (Lipinski definition) is 3. The molecule has 1 amide bonds. The van der Waals surface area contributed by atoms with Crippen molar-refractivity contribution in [1.29, 1.82) is 0 Å². The smallest absolute Gasteiger partial charge is 0.240 e. The van der Waals surface area contributed by atoms with Crippen molar-refractivity contribution in [3.63, 3.8) is 0 Å². The van der Waals surface area contributed by atoms with Gasteiger partial charge < -0.3 is 4.90 Å². The van der Waals surface area contributed by atoms with E-state index in [-0.39, 0.29) is 18.4 Å². The Morgan fingerprint density at radius 3 is 2.94 bits per heavy atom. The summed E-state index contributed by atoms with van der Waals surface area (Å²) in [6.45, 7) is 6.50. The average Bonchev–Trinajstić information content (AvgIpc) is 2.81. The largest absolute Gasteiger partial charge is 0.341 e. The SMILES string of the molecule is CCCC1(C)CCCN(C(=O)C2CSCN2)C1.Cl. The lowest BCUT2D eigenvalue weighted by atomic mass is 9.78. The highest BCUT2D eigenvalue weighted by atomic mass is 35.5. The molecular weight excluding hydrogens is 268 g/mol. The van der Waals surface area contributed by atoms with Crippen LogP contribution in [0.3, 0.4) is 0 Å². The number of carbonyl (C=O) groups excluding carboxylic acids is 1. The van der Waals surface area contributed by atoms with Gasteiger partial charge in [-0.3, -0.25) is 10.1 Å². The van der Waals surface area contributed by atoms with Crippen LogP contribution in [0.5, 0.6) is 0 Å². The van der Waals surface area contributed by atoms with Gasteiger partial charge in [-0.05, 0) is 24.7 Å². The molecule has 0 aliphatic carbocycles. The van der Waals surface area contributed by atoms with Crippen LogP contribution in [-0.2, 0) is 4.79 Å². The van der Waals surface area contributed by atoms with E-state index in [1.165, 1.54) is 25.7 Å². The van der Waals surface area contributed by atoms with Crippen molar-refractivity contribution in [1.82, 2.24) is 10.2 Å². The van der Waals surface area contributed by atoms with Gasteiger partial charge in [0.05, 0.1) is 6.04 Å². The number of carbonyl (C=O) groups is 1. The maximum atomic E-state index is 12.3. The molecule has 0 spiro atoms. The van der Waals surface area contributed by atoms with Gasteiger partial charge in [0, 0.05) is 24.7 Å². The predicted octanol–water partition coefficient (Wildman–Crippen LogP) is 2.50. The van der Waals surface area contributed by atoms with E-state index >= 15 is 0 Å². The van der Waals surface area contributed by atoms with Crippen molar-refractivity contribution < 1.29 is 4.79 Å². The summed E-state index contributed by atoms with van der Waals surface area (Å²) < 4.78 is 0. The van der Waals surface area contributed by atoms with E-state index in [9.17, 15) is 4.79 Å². The van der Waals surface area contributed by atoms with E-state index in [1.807, 2.05) is 11.8 Å². The lowest BCUT2D eigenvalue weighted by Crippen LogP contribution is -2.51. The highest BCUT2D eigenvalue weighted by Gasteiger charge is 2.35. The van der Waals surface area contributed by atoms with E-state index in [0.717, 1.165) is 24.7 Å². The first-order valence-electron chi connectivity index (χ1n) is 6.74. The van der Waals surface area contributed by atoms with Crippen LogP contribution >= 0.6 is 24.2 Å². The molecule has 0 saturated carbocycles. The summed E-state index contributed by atoms with van der Waals surface area (Å²) in [5.74, 6) is 2.20. The summed E-state index contributed by atoms with van der Waals surface area (Å²) in [7, 11) is 0. The minimum absolute atomic E-state index is 0. The molecule has 2 atom stereocenters. The lowest BCUT2D eigenvalue weighted by molar-refractivity contribution is -0.136. The Labute approximate surface area is 121 Å². The maximum absolute atomic E-state index is 12.3. The van der Waals surface area contributed by atoms with Crippen LogP contribution in [-0.4, -0.2) is 41.6 Å². The Morgan fingerprint density at radius 1 is 1.56 bits per heavy atom. The number of hydrogen-bond donors (Lipinski definition) is 1. The standard InChI is InChI=1S/C13H24N2OS.ClH/c1-3-5-13(2)6-4-7-15(9-13)12(16)11-8-17-10-14-11;/h11,14H,3-10H2,1-2H3;1H. The summed E-state index contributed by atoms with van der Waals surface area (Å²) in [6, 6.07) is 0.0731. The van der Waals surface area contributed by atoms with Crippen molar-refractivity contribution >= 4 is 30.1 Å². The zero-order valence-electron chi connectivity index (χ0n) is 11.4. The van der Waals surface area contributed by atoms with Gasteiger partial charge >= 0.3 is 0 Å². The molecule has 2 saturated heterocycles. The van der Waals surface area contributed by atoms with Gasteiger partial charge in [-0.15, -0.1) is 24.2 Å². The van der Waals surface area contributed by atoms with Crippen LogP contribution in [0.1, 0.15) is 39.5 Å². The average molecular weight is 293 g/mol. The molecule has 2 aliphatic rings. The molecule has 3 nitrogen and oxygen atoms in total. The van der Waals surface area contributed by atoms with E-state index in [0.29, 0.717) is 11.3 Å². The third-order valence-corrected chi connectivity index (χ3v) is 4.90. The Morgan fingerprint density at radius 2 is 2.33 bits per heavy atom. The molecule has 1 N–H and O–H groups in total. The third kappa shape index (κ3) is 3.78. The van der Waals surface area contributed by atoms with Gasteiger partial charge in [-0.2, -0.15) is 0 Å². The van der Waals surface area contributed by atoms with Crippen molar-refractivity contribution in [2.45, 2.75) is 45.6 Å². The first kappa shape index (κ1) is 16.1. The van der Waals surface area contributed by atoms with Crippen LogP contribution in [0, 0.1) is 5.41 Å². The molecule has 2 unspecified atom stereocenters. The number of rotatable bonds is 3. The van der Waals surface area contributed by atoms with Crippen molar-refractivity contribution in [2.24, 2.45) is 5.41 Å². The Kier molecular flexibility index (Phi) is 6.28. The number of halogens is 1. The molecule has 0 aromatic carbocycles. The van der Waals surface area contributed by atoms with E-state index in [2.05, 4.69) is 24.1 Å². The molecule has 18 heavy (non-hydrogen) atoms. The highest BCUT2D eigenvalue weighted by Crippen LogP contribution is 2.34. The molecule has 2 heterocycles. The van der Waals surface area contributed by atoms with Gasteiger partial charge in [0.25, 0.3) is 0 Å². The quantitative estimate of drug-likeness (QED) is 0.867. The summed E-state index contributed by atoms with van der Waals surface area (Å²) in [4.78, 5) is 14.4. The van der Waals surface area contributed by atoms with Gasteiger partial charge in [0.15, 0.2) is 0 Å². The van der Waals surface area contributed by atoms with Crippen LogP contribution < -0.4 is 5.32 Å². The molecule has 2 rings (SSSR count). The van der Waals surface area contributed by atoms with Gasteiger partial charge in [0.2, 0.25) is 5.91 Å². The van der Waals surface area contributed by atoms with E-state index in [1.54, 1.807) is 0 Å². The molecule has 5 heteroatoms. The molecule has 0 bridgehead atoms. The van der Waals surface area contributed by atoms with E-state index < -0.39 is 0 Å². The number of amides is 1. The Balaban J connectivity index is 0.00000162. The van der Waals surface area contributed by atoms with Crippen molar-refractivity contribution in [2.75, 3.05) is 24.7 Å². The van der Waals surface area contributed by atoms with Crippen molar-refractivity contribution in [3.8, 4) is 0 Å². The van der Waals surface area contributed by atoms with E-state index in [4.69, 9.17) is 0 Å². The van der Waals surface area contributed by atoms with Crippen LogP contribution in [0.2, 0.25) is 0 Å². The van der Waals surface area contributed by atoms with Crippen LogP contribution in [0.4, 0.5) is 0 Å². The molecule has 0 radical (unpaired) electrons. The molecular formula is C13H25ClN2OS. The maximum Gasteiger partial charge on any atom is 0.240 e. The molecule has 0 aromatic rings. The van der Waals surface area contributed by atoms with Crippen LogP contribution in [0.15, 0.2) is 0 Å². The summed E-state index contributed by atoms with van der Waals surface area (Å²) in [5, 5.41) is 3.28. The second kappa shape index (κ2) is 7.01. The lowest BCUT2D eigenvalue weighted by Gasteiger charge is -2.41. The summed E-state index contributed by atoms with van der Waals surface area (Å²) in [6.07, 6.45) is 4.90. The zero-order chi connectivity index (χ0) is 12.3. The predicted molar refractivity (Wildman–Crippen MR) is 80.3 cm³/mol. The number of nitrogens with one attached hydrogen (secondary N) is 1. The fourth-order valence-corrected chi connectivity index (χ4v) is 4.02. The first-order valence-corrected chi connectivity index (χ1v) is 7.90. The number of thioether (sulfide) groups is 1. The summed E-state index contributed by atoms with van der Waals surface area (Å²) >= 11 is 1.83. The summed E-state index contributed by atoms with van der Waals surface area (Å²) in [5.41, 5.74) is 0.356. The number of piperidine rings is 1.